The van der Waals surface area contributed by atoms with E-state index in [0.29, 0.717) is 81.7 Å². The second kappa shape index (κ2) is 46.6. The van der Waals surface area contributed by atoms with Gasteiger partial charge in [-0.3, -0.25) is 28.5 Å². The van der Waals surface area contributed by atoms with Crippen LogP contribution in [0.2, 0.25) is 0 Å². The van der Waals surface area contributed by atoms with Gasteiger partial charge in [0.05, 0.1) is 27.2 Å². The van der Waals surface area contributed by atoms with E-state index in [9.17, 15) is 69.7 Å². The Hall–Kier alpha value is -9.96. The van der Waals surface area contributed by atoms with Crippen LogP contribution in [0.3, 0.4) is 0 Å². The molecule has 4 aromatic carbocycles. The fraction of sp³-hybridized carbons (Fsp3) is 0.468. The first-order valence-corrected chi connectivity index (χ1v) is 41.3. The van der Waals surface area contributed by atoms with Gasteiger partial charge in [-0.05, 0) is 149 Å². The number of rotatable bonds is 42. The van der Waals surface area contributed by atoms with Crippen molar-refractivity contribution < 1.29 is 119 Å². The maximum absolute atomic E-state index is 13.5. The van der Waals surface area contributed by atoms with Gasteiger partial charge in [-0.1, -0.05) is 118 Å². The predicted molar refractivity (Wildman–Crippen MR) is 406 cm³/mol. The summed E-state index contributed by atoms with van der Waals surface area (Å²) < 4.78 is 127. The molecule has 4 aromatic rings. The van der Waals surface area contributed by atoms with Crippen LogP contribution in [-0.4, -0.2) is 168 Å². The van der Waals surface area contributed by atoms with E-state index in [-0.39, 0.29) is 107 Å². The highest BCUT2D eigenvalue weighted by molar-refractivity contribution is 7.85. The Labute approximate surface area is 649 Å². The molecule has 0 fully saturated rings. The third-order valence-electron chi connectivity index (χ3n) is 18.7. The van der Waals surface area contributed by atoms with Gasteiger partial charge in [0.1, 0.15) is 35.7 Å². The van der Waals surface area contributed by atoms with Crippen molar-refractivity contribution in [2.45, 2.75) is 179 Å². The summed E-state index contributed by atoms with van der Waals surface area (Å²) in [6, 6.07) is 30.5. The number of benzene rings is 4. The smallest absolute Gasteiger partial charge is 0.425 e. The number of Topliss-reactive ketones (excluding diaryl/α,β-unsaturated/α-hetero) is 2. The number of carbonyl (C=O) groups excluding carboxylic acids is 6. The van der Waals surface area contributed by atoms with Crippen molar-refractivity contribution in [3.05, 3.63) is 172 Å². The van der Waals surface area contributed by atoms with Gasteiger partial charge in [0.15, 0.2) is 5.71 Å². The Morgan fingerprint density at radius 2 is 1.19 bits per heavy atom. The lowest BCUT2D eigenvalue weighted by Crippen LogP contribution is -2.46. The number of nitrogens with zero attached hydrogens (tertiary/aromatic N) is 2. The fourth-order valence-electron chi connectivity index (χ4n) is 13.4. The van der Waals surface area contributed by atoms with E-state index in [4.69, 9.17) is 44.7 Å². The molecular formula is C77H97N5O25S4. The molecule has 2 heterocycles. The molecule has 0 saturated heterocycles. The molecule has 3 amide bonds. The van der Waals surface area contributed by atoms with Crippen molar-refractivity contribution in [3.63, 3.8) is 0 Å². The summed E-state index contributed by atoms with van der Waals surface area (Å²) in [5.41, 5.74) is 8.76. The standard InChI is InChI=1S/C76H97N5O17S2.CO2.2O3S/c1-75(2)62-28-12-14-30-65(62)80(45-17-19-47-99(92,93)94)67(75)41-35-55-25-21-26-56(36-42-68-76(3,4)63-29-13-15-31-66(63)81(68)46-18-20-48-100(95,96)97)70(55)98-61-38-33-54(34-39-61)50-58(72(87)88)52-59(82)27-11-6-5-7-16-43-77-71(86)57(49-53-23-9-8-10-24-53)51-60(83)37-40-64(73(89)90)79-74(91)78-44-22-32-69(84)85;2-1-3;2*1-4(2)3/h8-10,12-15,23-24,28-31,33-36,38-39,41-42,57-58,64H,5-7,11,16-22,25-27,32,37,40,43-52H2,1-4H3,(H7-,77,78,79,84,85,86,87,88,89,90,91,92,93,94,95,96,97);;;/t57-,58-,64+;;;/m1.../s1. The highest BCUT2D eigenvalue weighted by Gasteiger charge is 2.44. The van der Waals surface area contributed by atoms with E-state index in [1.54, 1.807) is 12.1 Å². The summed E-state index contributed by atoms with van der Waals surface area (Å²) in [6.07, 6.45) is 15.5. The molecule has 3 atom stereocenters. The van der Waals surface area contributed by atoms with Gasteiger partial charge in [0.25, 0.3) is 10.1 Å². The van der Waals surface area contributed by atoms with Crippen molar-refractivity contribution in [2.24, 2.45) is 11.8 Å². The van der Waals surface area contributed by atoms with Crippen LogP contribution < -0.4 is 25.6 Å². The largest absolute Gasteiger partial charge is 0.748 e. The molecule has 1 aliphatic carbocycles. The molecule has 2 aliphatic heterocycles. The number of hydrogen-bond donors (Lipinski definition) is 7. The van der Waals surface area contributed by atoms with Crippen molar-refractivity contribution >= 4 is 106 Å². The number of urea groups is 1. The van der Waals surface area contributed by atoms with Gasteiger partial charge in [0.2, 0.25) is 11.6 Å². The summed E-state index contributed by atoms with van der Waals surface area (Å²) in [5.74, 6) is -5.63. The maximum atomic E-state index is 13.5. The molecular weight excluding hydrogens is 1520 g/mol. The lowest BCUT2D eigenvalue weighted by molar-refractivity contribution is -0.438. The number of carboxylic acid groups (broad SMARTS) is 3. The van der Waals surface area contributed by atoms with Crippen molar-refractivity contribution in [2.75, 3.05) is 42.6 Å². The van der Waals surface area contributed by atoms with Crippen LogP contribution in [0.1, 0.15) is 172 Å². The number of anilines is 1. The van der Waals surface area contributed by atoms with Crippen LogP contribution in [0.4, 0.5) is 16.2 Å². The molecule has 0 bridgehead atoms. The van der Waals surface area contributed by atoms with Gasteiger partial charge in [-0.25, -0.2) is 18.0 Å². The molecule has 0 saturated carbocycles. The molecule has 3 aliphatic rings. The van der Waals surface area contributed by atoms with Gasteiger partial charge in [-0.15, -0.1) is 25.3 Å². The molecule has 0 spiro atoms. The van der Waals surface area contributed by atoms with Crippen molar-refractivity contribution in [3.8, 4) is 5.75 Å². The van der Waals surface area contributed by atoms with Crippen LogP contribution in [0.15, 0.2) is 150 Å². The summed E-state index contributed by atoms with van der Waals surface area (Å²) in [4.78, 5) is 106. The Balaban J connectivity index is 0.00000221. The molecule has 0 aromatic heterocycles. The number of carbonyl (C=O) groups is 7. The first-order valence-electron chi connectivity index (χ1n) is 36.1. The number of amides is 3. The monoisotopic (exact) mass is 1620 g/mol. The zero-order valence-electron chi connectivity index (χ0n) is 62.3. The number of carboxylic acids is 3. The summed E-state index contributed by atoms with van der Waals surface area (Å²) in [6.45, 7) is 9.98. The van der Waals surface area contributed by atoms with E-state index < -0.39 is 99.9 Å². The van der Waals surface area contributed by atoms with Gasteiger partial charge >= 0.3 is 51.3 Å². The Morgan fingerprint density at radius 1 is 0.622 bits per heavy atom. The molecule has 7 rings (SSSR count). The Kier molecular flexibility index (Phi) is 39.3. The van der Waals surface area contributed by atoms with Crippen LogP contribution >= 0.6 is 0 Å². The molecule has 34 heteroatoms. The van der Waals surface area contributed by atoms with E-state index in [1.165, 1.54) is 0 Å². The third kappa shape index (κ3) is 33.7. The highest BCUT2D eigenvalue weighted by Crippen LogP contribution is 2.48. The molecule has 0 radical (unpaired) electrons. The Bertz CT molecular complexity index is 4530. The topological polar surface area (TPSA) is 480 Å². The lowest BCUT2D eigenvalue weighted by Gasteiger charge is -2.28. The normalized spacial score (nSPS) is 15.5. The average Bonchev–Trinajstić information content (AvgIpc) is 1.60. The van der Waals surface area contributed by atoms with Crippen LogP contribution in [0.25, 0.3) is 0 Å². The maximum Gasteiger partial charge on any atom is 0.425 e. The highest BCUT2D eigenvalue weighted by atomic mass is 32.2. The number of fused-ring (bicyclic) bond motifs is 2. The second-order valence-electron chi connectivity index (χ2n) is 27.7. The van der Waals surface area contributed by atoms with Crippen LogP contribution in [-0.2, 0) is 103 Å². The first-order chi connectivity index (χ1) is 52.4. The number of nitrogens with one attached hydrogen (secondary N) is 3. The number of para-hydroxylation sites is 2. The summed E-state index contributed by atoms with van der Waals surface area (Å²) >= 11 is 0. The lowest BCUT2D eigenvalue weighted by atomic mass is 9.81. The number of ether oxygens (including phenoxy) is 1. The molecule has 111 heavy (non-hydrogen) atoms. The minimum atomic E-state index is -4.38. The van der Waals surface area contributed by atoms with Crippen molar-refractivity contribution in [1.29, 1.82) is 0 Å². The molecule has 604 valence electrons. The zero-order chi connectivity index (χ0) is 82.5. The van der Waals surface area contributed by atoms with E-state index >= 15 is 0 Å². The zero-order valence-corrected chi connectivity index (χ0v) is 65.6. The first kappa shape index (κ1) is 93.4. The summed E-state index contributed by atoms with van der Waals surface area (Å²) in [5, 5.41) is 36.5. The molecule has 0 unspecified atom stereocenters. The fourth-order valence-corrected chi connectivity index (χ4v) is 14.5. The quantitative estimate of drug-likeness (QED) is 0.0123. The molecule has 7 N–H and O–H groups in total. The van der Waals surface area contributed by atoms with Crippen LogP contribution in [0, 0.1) is 11.8 Å². The third-order valence-corrected chi connectivity index (χ3v) is 20.3. The van der Waals surface area contributed by atoms with E-state index in [0.717, 1.165) is 69.9 Å². The average molecular weight is 1620 g/mol. The van der Waals surface area contributed by atoms with Crippen molar-refractivity contribution in [1.82, 2.24) is 16.0 Å². The second-order valence-corrected chi connectivity index (χ2v) is 31.6. The van der Waals surface area contributed by atoms with Crippen LogP contribution in [0.5, 0.6) is 5.75 Å². The van der Waals surface area contributed by atoms with E-state index in [2.05, 4.69) is 95.6 Å². The predicted octanol–water partition coefficient (Wildman–Crippen LogP) is 9.02. The SMILES string of the molecule is CC1(C)C(=CC=C2CCCC(C=CC3=[N+](CCCCS(=O)(=O)O)c4ccccc4C3(C)C)=C2Oc2ccc(C[C@H](CC(=O)CCCCCCCNC(=O)[C@@H](CC(=O)CC[C@H](NC(=O)NCCCC(=O)O)C(=O)O)Cc3ccccc3)C(=O)O)cc2)N(CCCCS(=O)(=O)[O-])c2ccccc21.O=C=O.O=S(=O)=O.O=S(=O)=O. The molecule has 30 nitrogen and oxygen atoms in total. The number of aliphatic carboxylic acids is 3. The van der Waals surface area contributed by atoms with Gasteiger partial charge in [0, 0.05) is 104 Å². The number of allylic oxidation sites excluding steroid dienone is 7. The van der Waals surface area contributed by atoms with E-state index in [1.807, 2.05) is 72.8 Å². The number of hydrogen-bond acceptors (Lipinski definition) is 22. The number of ketones is 2. The minimum absolute atomic E-state index is 0.0189. The van der Waals surface area contributed by atoms with Gasteiger partial charge < -0.3 is 45.5 Å². The summed E-state index contributed by atoms with van der Waals surface area (Å²) in [7, 11) is -14.7. The minimum Gasteiger partial charge on any atom is -0.748 e. The Morgan fingerprint density at radius 3 is 1.82 bits per heavy atom. The van der Waals surface area contributed by atoms with Gasteiger partial charge in [-0.2, -0.15) is 22.6 Å². The number of unbranched alkanes of at least 4 members (excludes halogenated alkanes) is 6.